The molecule has 1 amide bonds. The molecule has 38 heavy (non-hydrogen) atoms. The molecule has 5 rings (SSSR count). The van der Waals surface area contributed by atoms with Gasteiger partial charge >= 0.3 is 0 Å². The number of ketones is 2. The number of anilines is 1. The van der Waals surface area contributed by atoms with Crippen molar-refractivity contribution in [2.24, 2.45) is 23.5 Å². The van der Waals surface area contributed by atoms with Crippen LogP contribution < -0.4 is 10.6 Å². The van der Waals surface area contributed by atoms with E-state index in [9.17, 15) is 39.6 Å². The largest absolute Gasteiger partial charge is 0.507 e. The number of amides is 1. The van der Waals surface area contributed by atoms with E-state index >= 15 is 0 Å². The van der Waals surface area contributed by atoms with Gasteiger partial charge in [0.1, 0.15) is 17.4 Å². The molecule has 11 heteroatoms. The van der Waals surface area contributed by atoms with Crippen LogP contribution in [0.3, 0.4) is 0 Å². The average molecular weight is 524 g/mol. The fraction of sp³-hybridized carbons (Fsp3) is 0.407. The number of nitrogens with zero attached hydrogens (tertiary/aromatic N) is 2. The van der Waals surface area contributed by atoms with Crippen LogP contribution in [0.25, 0.3) is 5.76 Å². The highest BCUT2D eigenvalue weighted by atomic mass is 16.3. The van der Waals surface area contributed by atoms with Crippen molar-refractivity contribution >= 4 is 35.2 Å². The lowest BCUT2D eigenvalue weighted by Gasteiger charge is -2.48. The van der Waals surface area contributed by atoms with Crippen molar-refractivity contribution in [3.63, 3.8) is 0 Å². The molecule has 2 saturated carbocycles. The predicted octanol–water partition coefficient (Wildman–Crippen LogP) is 0.317. The number of nitrogens with two attached hydrogens (primary N) is 1. The number of hydrogen-bond acceptors (Lipinski definition) is 9. The lowest BCUT2D eigenvalue weighted by Crippen LogP contribution is -2.66. The summed E-state index contributed by atoms with van der Waals surface area (Å²) in [6.07, 6.45) is 2.71. The van der Waals surface area contributed by atoms with E-state index in [1.54, 1.807) is 43.2 Å². The number of phenols is 1. The van der Waals surface area contributed by atoms with Crippen molar-refractivity contribution < 1.29 is 39.6 Å². The number of Topliss-reactive ketones (excluding diaryl/α,β-unsaturated/α-hetero) is 2. The van der Waals surface area contributed by atoms with Crippen LogP contribution in [-0.4, -0.2) is 74.6 Å². The summed E-state index contributed by atoms with van der Waals surface area (Å²) in [5.41, 5.74) is 4.67. The quantitative estimate of drug-likeness (QED) is 0.272. The molecular formula is C27H29N3O8. The Kier molecular flexibility index (Phi) is 5.96. The number of benzene rings is 1. The molecule has 200 valence electrons. The van der Waals surface area contributed by atoms with Crippen LogP contribution in [0.4, 0.5) is 5.69 Å². The molecule has 1 heterocycles. The van der Waals surface area contributed by atoms with Gasteiger partial charge in [-0.1, -0.05) is 0 Å². The first-order valence-electron chi connectivity index (χ1n) is 12.3. The van der Waals surface area contributed by atoms with E-state index in [-0.39, 0.29) is 42.7 Å². The SMILES string of the molecule is CN(C)c1cc(Cn2ccc(C=O)c2)c(O)c2c1C[C@H]1C[C@H]3CC(O)C(C(N)=O)C(=O)[C@@]3(O)C(=O)C1=C2O. The Labute approximate surface area is 217 Å². The zero-order chi connectivity index (χ0) is 27.7. The molecule has 2 aromatic rings. The van der Waals surface area contributed by atoms with Crippen molar-refractivity contribution in [1.29, 1.82) is 0 Å². The predicted molar refractivity (Wildman–Crippen MR) is 134 cm³/mol. The Hall–Kier alpha value is -3.96. The first-order valence-corrected chi connectivity index (χ1v) is 12.3. The molecule has 0 radical (unpaired) electrons. The molecule has 2 unspecified atom stereocenters. The van der Waals surface area contributed by atoms with Crippen LogP contribution >= 0.6 is 0 Å². The number of aromatic nitrogens is 1. The summed E-state index contributed by atoms with van der Waals surface area (Å²) in [4.78, 5) is 51.6. The third kappa shape index (κ3) is 3.57. The lowest BCUT2D eigenvalue weighted by atomic mass is 9.56. The second kappa shape index (κ2) is 8.81. The number of carbonyl (C=O) groups is 4. The number of aromatic hydroxyl groups is 1. The third-order valence-electron chi connectivity index (χ3n) is 8.18. The standard InChI is InChI=1S/C27H29N3O8/c1-29(2)17-7-14(10-30-4-3-12(9-30)11-31)22(33)20-16(17)6-13-5-15-8-18(32)21(26(28)37)25(36)27(15,38)24(35)19(13)23(20)34/h3-4,7,9,11,13,15,18,21,32-34,38H,5-6,8,10H2,1-2H3,(H2,28,37)/t13-,15+,18?,21?,27+/m1/s1. The van der Waals surface area contributed by atoms with Crippen LogP contribution in [0.15, 0.2) is 30.1 Å². The fourth-order valence-electron chi connectivity index (χ4n) is 6.37. The Bertz CT molecular complexity index is 1420. The first kappa shape index (κ1) is 25.7. The Morgan fingerprint density at radius 1 is 1.26 bits per heavy atom. The van der Waals surface area contributed by atoms with Crippen molar-refractivity contribution in [3.8, 4) is 5.75 Å². The van der Waals surface area contributed by atoms with Gasteiger partial charge < -0.3 is 35.6 Å². The lowest BCUT2D eigenvalue weighted by molar-refractivity contribution is -0.174. The van der Waals surface area contributed by atoms with Crippen molar-refractivity contribution in [3.05, 3.63) is 52.4 Å². The topological polar surface area (TPSA) is 183 Å². The molecule has 3 aliphatic rings. The summed E-state index contributed by atoms with van der Waals surface area (Å²) in [5, 5.41) is 44.5. The molecule has 0 aliphatic heterocycles. The first-order chi connectivity index (χ1) is 17.9. The molecule has 1 aromatic heterocycles. The van der Waals surface area contributed by atoms with Crippen molar-refractivity contribution in [2.75, 3.05) is 19.0 Å². The van der Waals surface area contributed by atoms with E-state index in [0.717, 1.165) is 0 Å². The zero-order valence-corrected chi connectivity index (χ0v) is 20.9. The highest BCUT2D eigenvalue weighted by molar-refractivity contribution is 6.24. The highest BCUT2D eigenvalue weighted by Gasteiger charge is 2.64. The summed E-state index contributed by atoms with van der Waals surface area (Å²) in [6, 6.07) is 3.40. The smallest absolute Gasteiger partial charge is 0.230 e. The summed E-state index contributed by atoms with van der Waals surface area (Å²) < 4.78 is 1.69. The summed E-state index contributed by atoms with van der Waals surface area (Å²) in [6.45, 7) is 0.163. The minimum Gasteiger partial charge on any atom is -0.507 e. The summed E-state index contributed by atoms with van der Waals surface area (Å²) >= 11 is 0. The number of phenolic OH excluding ortho intramolecular Hbond substituents is 1. The van der Waals surface area contributed by atoms with Gasteiger partial charge in [0, 0.05) is 54.8 Å². The van der Waals surface area contributed by atoms with Crippen LogP contribution in [0.1, 0.15) is 39.9 Å². The molecule has 5 atom stereocenters. The Balaban J connectivity index is 1.65. The second-order valence-electron chi connectivity index (χ2n) is 10.6. The van der Waals surface area contributed by atoms with Gasteiger partial charge in [0.15, 0.2) is 17.7 Å². The van der Waals surface area contributed by atoms with Crippen LogP contribution in [-0.2, 0) is 27.3 Å². The number of carbonyl (C=O) groups excluding carboxylic acids is 4. The molecule has 1 aromatic carbocycles. The van der Waals surface area contributed by atoms with E-state index in [1.165, 1.54) is 0 Å². The van der Waals surface area contributed by atoms with Gasteiger partial charge in [-0.05, 0) is 42.9 Å². The number of aldehydes is 1. The number of aliphatic hydroxyl groups excluding tert-OH is 2. The summed E-state index contributed by atoms with van der Waals surface area (Å²) in [7, 11) is 3.61. The molecule has 0 spiro atoms. The molecule has 0 bridgehead atoms. The van der Waals surface area contributed by atoms with Crippen molar-refractivity contribution in [1.82, 2.24) is 4.57 Å². The third-order valence-corrected chi connectivity index (χ3v) is 8.18. The second-order valence-corrected chi connectivity index (χ2v) is 10.6. The number of primary amides is 1. The number of fused-ring (bicyclic) bond motifs is 3. The summed E-state index contributed by atoms with van der Waals surface area (Å²) in [5.74, 6) is -7.45. The van der Waals surface area contributed by atoms with Gasteiger partial charge in [0.05, 0.1) is 18.2 Å². The molecular weight excluding hydrogens is 494 g/mol. The highest BCUT2D eigenvalue weighted by Crippen LogP contribution is 2.53. The fourth-order valence-corrected chi connectivity index (χ4v) is 6.37. The number of aliphatic hydroxyl groups is 3. The van der Waals surface area contributed by atoms with E-state index < -0.39 is 52.7 Å². The van der Waals surface area contributed by atoms with Gasteiger partial charge in [-0.15, -0.1) is 0 Å². The van der Waals surface area contributed by atoms with Crippen LogP contribution in [0.5, 0.6) is 5.75 Å². The molecule has 3 aliphatic carbocycles. The normalized spacial score (nSPS) is 28.4. The minimum atomic E-state index is -2.62. The van der Waals surface area contributed by atoms with Crippen molar-refractivity contribution in [2.45, 2.75) is 37.5 Å². The molecule has 11 nitrogen and oxygen atoms in total. The van der Waals surface area contributed by atoms with E-state index in [0.29, 0.717) is 28.7 Å². The van der Waals surface area contributed by atoms with E-state index in [1.807, 2.05) is 4.90 Å². The van der Waals surface area contributed by atoms with Gasteiger partial charge in [-0.25, -0.2) is 0 Å². The number of hydrogen-bond donors (Lipinski definition) is 5. The maximum absolute atomic E-state index is 13.7. The minimum absolute atomic E-state index is 0.0327. The maximum atomic E-state index is 13.7. The van der Waals surface area contributed by atoms with Gasteiger partial charge in [0.2, 0.25) is 11.7 Å². The van der Waals surface area contributed by atoms with E-state index in [4.69, 9.17) is 5.73 Å². The van der Waals surface area contributed by atoms with Gasteiger partial charge in [-0.3, -0.25) is 19.2 Å². The molecule has 0 saturated heterocycles. The average Bonchev–Trinajstić information content (AvgIpc) is 3.30. The Morgan fingerprint density at radius 2 is 1.97 bits per heavy atom. The van der Waals surface area contributed by atoms with Crippen LogP contribution in [0, 0.1) is 17.8 Å². The van der Waals surface area contributed by atoms with Crippen LogP contribution in [0.2, 0.25) is 0 Å². The Morgan fingerprint density at radius 3 is 2.58 bits per heavy atom. The molecule has 6 N–H and O–H groups in total. The monoisotopic (exact) mass is 523 g/mol. The molecule has 2 fully saturated rings. The van der Waals surface area contributed by atoms with E-state index in [2.05, 4.69) is 0 Å². The maximum Gasteiger partial charge on any atom is 0.230 e. The van der Waals surface area contributed by atoms with Gasteiger partial charge in [-0.2, -0.15) is 0 Å². The zero-order valence-electron chi connectivity index (χ0n) is 20.9. The number of rotatable bonds is 5. The van der Waals surface area contributed by atoms with Gasteiger partial charge in [0.25, 0.3) is 0 Å².